The molecule has 6 nitrogen and oxygen atoms in total. The van der Waals surface area contributed by atoms with Gasteiger partial charge in [-0.3, -0.25) is 9.59 Å². The highest BCUT2D eigenvalue weighted by molar-refractivity contribution is 6.10. The molecule has 1 aromatic rings. The van der Waals surface area contributed by atoms with Crippen molar-refractivity contribution in [1.29, 1.82) is 0 Å². The molecule has 1 saturated carbocycles. The standard InChI is InChI=1S/C19H26N2O4/c1-18(2,3)25-17(24)21-19(4,5)15(22)13-8-6-7-9-14(13)20-16(23)12-10-11-12/h6-9,12H,10-11H2,1-5H3,(H,20,23)(H,21,24). The van der Waals surface area contributed by atoms with Gasteiger partial charge in [0.2, 0.25) is 5.91 Å². The molecular weight excluding hydrogens is 320 g/mol. The molecule has 0 saturated heterocycles. The van der Waals surface area contributed by atoms with Gasteiger partial charge in [-0.25, -0.2) is 4.79 Å². The number of alkyl carbamates (subject to hydrolysis) is 1. The second kappa shape index (κ2) is 6.86. The van der Waals surface area contributed by atoms with Crippen LogP contribution >= 0.6 is 0 Å². The summed E-state index contributed by atoms with van der Waals surface area (Å²) in [5, 5.41) is 5.42. The van der Waals surface area contributed by atoms with E-state index in [1.165, 1.54) is 0 Å². The van der Waals surface area contributed by atoms with Gasteiger partial charge in [-0.15, -0.1) is 0 Å². The zero-order chi connectivity index (χ0) is 18.8. The van der Waals surface area contributed by atoms with E-state index in [4.69, 9.17) is 4.74 Å². The number of amides is 2. The van der Waals surface area contributed by atoms with Crippen LogP contribution in [-0.4, -0.2) is 28.9 Å². The maximum atomic E-state index is 12.9. The fraction of sp³-hybridized carbons (Fsp3) is 0.526. The maximum absolute atomic E-state index is 12.9. The van der Waals surface area contributed by atoms with Gasteiger partial charge in [-0.2, -0.15) is 0 Å². The maximum Gasteiger partial charge on any atom is 0.408 e. The Balaban J connectivity index is 2.15. The van der Waals surface area contributed by atoms with Gasteiger partial charge in [0.15, 0.2) is 5.78 Å². The Morgan fingerprint density at radius 2 is 1.64 bits per heavy atom. The number of hydrogen-bond donors (Lipinski definition) is 2. The second-order valence-electron chi connectivity index (χ2n) is 7.89. The van der Waals surface area contributed by atoms with E-state index in [1.54, 1.807) is 58.9 Å². The number of rotatable bonds is 5. The third-order valence-corrected chi connectivity index (χ3v) is 3.76. The van der Waals surface area contributed by atoms with Gasteiger partial charge in [-0.05, 0) is 59.6 Å². The van der Waals surface area contributed by atoms with E-state index in [-0.39, 0.29) is 17.6 Å². The van der Waals surface area contributed by atoms with Crippen LogP contribution in [0, 0.1) is 5.92 Å². The molecule has 1 aliphatic carbocycles. The highest BCUT2D eigenvalue weighted by Gasteiger charge is 2.35. The molecule has 0 spiro atoms. The van der Waals surface area contributed by atoms with E-state index in [9.17, 15) is 14.4 Å². The van der Waals surface area contributed by atoms with E-state index in [0.29, 0.717) is 11.3 Å². The van der Waals surface area contributed by atoms with Crippen molar-refractivity contribution >= 4 is 23.5 Å². The molecule has 1 aliphatic rings. The first-order valence-corrected chi connectivity index (χ1v) is 8.45. The predicted molar refractivity (Wildman–Crippen MR) is 95.6 cm³/mol. The number of carbonyl (C=O) groups is 3. The first kappa shape index (κ1) is 19.0. The van der Waals surface area contributed by atoms with E-state index >= 15 is 0 Å². The minimum atomic E-state index is -1.18. The molecule has 6 heteroatoms. The fourth-order valence-corrected chi connectivity index (χ4v) is 2.32. The fourth-order valence-electron chi connectivity index (χ4n) is 2.32. The molecule has 25 heavy (non-hydrogen) atoms. The van der Waals surface area contributed by atoms with Crippen LogP contribution in [-0.2, 0) is 9.53 Å². The minimum Gasteiger partial charge on any atom is -0.444 e. The number of anilines is 1. The zero-order valence-corrected chi connectivity index (χ0v) is 15.4. The molecule has 1 fully saturated rings. The van der Waals surface area contributed by atoms with Crippen LogP contribution in [0.4, 0.5) is 10.5 Å². The largest absolute Gasteiger partial charge is 0.444 e. The average Bonchev–Trinajstić information content (AvgIpc) is 3.28. The Bertz CT molecular complexity index is 685. The number of nitrogens with one attached hydrogen (secondary N) is 2. The Labute approximate surface area is 148 Å². The normalized spacial score (nSPS) is 14.6. The second-order valence-corrected chi connectivity index (χ2v) is 7.89. The Morgan fingerprint density at radius 3 is 2.20 bits per heavy atom. The van der Waals surface area contributed by atoms with E-state index in [1.807, 2.05) is 0 Å². The topological polar surface area (TPSA) is 84.5 Å². The summed E-state index contributed by atoms with van der Waals surface area (Å²) >= 11 is 0. The Kier molecular flexibility index (Phi) is 5.20. The quantitative estimate of drug-likeness (QED) is 0.799. The number of ketones is 1. The van der Waals surface area contributed by atoms with Gasteiger partial charge in [0.05, 0.1) is 5.69 Å². The monoisotopic (exact) mass is 346 g/mol. The molecule has 0 bridgehead atoms. The summed E-state index contributed by atoms with van der Waals surface area (Å²) in [6, 6.07) is 6.82. The van der Waals surface area contributed by atoms with Crippen molar-refractivity contribution < 1.29 is 19.1 Å². The van der Waals surface area contributed by atoms with Gasteiger partial charge in [-0.1, -0.05) is 12.1 Å². The lowest BCUT2D eigenvalue weighted by molar-refractivity contribution is -0.117. The van der Waals surface area contributed by atoms with Crippen molar-refractivity contribution in [3.05, 3.63) is 29.8 Å². The highest BCUT2D eigenvalue weighted by atomic mass is 16.6. The average molecular weight is 346 g/mol. The van der Waals surface area contributed by atoms with Crippen molar-refractivity contribution in [2.75, 3.05) is 5.32 Å². The zero-order valence-electron chi connectivity index (χ0n) is 15.4. The van der Waals surface area contributed by atoms with Crippen LogP contribution in [0.3, 0.4) is 0 Å². The first-order chi connectivity index (χ1) is 11.5. The van der Waals surface area contributed by atoms with Gasteiger partial charge in [0.1, 0.15) is 11.1 Å². The van der Waals surface area contributed by atoms with Crippen LogP contribution < -0.4 is 10.6 Å². The van der Waals surface area contributed by atoms with Gasteiger partial charge >= 0.3 is 6.09 Å². The summed E-state index contributed by atoms with van der Waals surface area (Å²) in [7, 11) is 0. The van der Waals surface area contributed by atoms with Crippen LogP contribution in [0.5, 0.6) is 0 Å². The summed E-state index contributed by atoms with van der Waals surface area (Å²) in [6.07, 6.45) is 1.10. The number of ether oxygens (including phenoxy) is 1. The first-order valence-electron chi connectivity index (χ1n) is 8.45. The molecule has 0 unspecified atom stereocenters. The van der Waals surface area contributed by atoms with Crippen molar-refractivity contribution in [2.45, 2.75) is 58.6 Å². The molecule has 2 N–H and O–H groups in total. The molecule has 0 heterocycles. The van der Waals surface area contributed by atoms with Crippen molar-refractivity contribution in [1.82, 2.24) is 5.32 Å². The summed E-state index contributed by atoms with van der Waals surface area (Å²) < 4.78 is 5.22. The molecule has 0 aliphatic heterocycles. The molecule has 2 rings (SSSR count). The highest BCUT2D eigenvalue weighted by Crippen LogP contribution is 2.31. The SMILES string of the molecule is CC(C)(C)OC(=O)NC(C)(C)C(=O)c1ccccc1NC(=O)C1CC1. The minimum absolute atomic E-state index is 0.0380. The van der Waals surface area contributed by atoms with Crippen LogP contribution in [0.2, 0.25) is 0 Å². The lowest BCUT2D eigenvalue weighted by Crippen LogP contribution is -2.51. The molecule has 0 radical (unpaired) electrons. The molecule has 0 aromatic heterocycles. The van der Waals surface area contributed by atoms with E-state index in [0.717, 1.165) is 12.8 Å². The van der Waals surface area contributed by atoms with E-state index < -0.39 is 17.2 Å². The lowest BCUT2D eigenvalue weighted by atomic mass is 9.92. The number of carbonyl (C=O) groups excluding carboxylic acids is 3. The van der Waals surface area contributed by atoms with Gasteiger partial charge in [0, 0.05) is 11.5 Å². The van der Waals surface area contributed by atoms with Crippen LogP contribution in [0.15, 0.2) is 24.3 Å². The Hall–Kier alpha value is -2.37. The predicted octanol–water partition coefficient (Wildman–Crippen LogP) is 3.52. The third kappa shape index (κ3) is 5.31. The Morgan fingerprint density at radius 1 is 1.04 bits per heavy atom. The summed E-state index contributed by atoms with van der Waals surface area (Å²) in [4.78, 5) is 37.0. The third-order valence-electron chi connectivity index (χ3n) is 3.76. The molecule has 0 atom stereocenters. The number of benzene rings is 1. The van der Waals surface area contributed by atoms with Gasteiger partial charge in [0.25, 0.3) is 0 Å². The molecule has 1 aromatic carbocycles. The number of Topliss-reactive ketones (excluding diaryl/α,β-unsaturated/α-hetero) is 1. The van der Waals surface area contributed by atoms with Crippen molar-refractivity contribution in [3.8, 4) is 0 Å². The number of hydrogen-bond acceptors (Lipinski definition) is 4. The van der Waals surface area contributed by atoms with E-state index in [2.05, 4.69) is 10.6 Å². The van der Waals surface area contributed by atoms with Crippen LogP contribution in [0.25, 0.3) is 0 Å². The molecular formula is C19H26N2O4. The number of para-hydroxylation sites is 1. The van der Waals surface area contributed by atoms with Gasteiger partial charge < -0.3 is 15.4 Å². The molecule has 2 amide bonds. The molecule has 136 valence electrons. The summed E-state index contributed by atoms with van der Waals surface area (Å²) in [5.41, 5.74) is -1.01. The smallest absolute Gasteiger partial charge is 0.408 e. The van der Waals surface area contributed by atoms with Crippen molar-refractivity contribution in [3.63, 3.8) is 0 Å². The summed E-state index contributed by atoms with van der Waals surface area (Å²) in [5.74, 6) is -0.334. The van der Waals surface area contributed by atoms with Crippen molar-refractivity contribution in [2.24, 2.45) is 5.92 Å². The lowest BCUT2D eigenvalue weighted by Gasteiger charge is -2.28. The summed E-state index contributed by atoms with van der Waals surface area (Å²) in [6.45, 7) is 8.48. The van der Waals surface area contributed by atoms with Crippen LogP contribution in [0.1, 0.15) is 57.8 Å².